The summed E-state index contributed by atoms with van der Waals surface area (Å²) in [6.07, 6.45) is -4.88. The molecule has 12 heteroatoms. The van der Waals surface area contributed by atoms with Crippen molar-refractivity contribution in [1.29, 1.82) is 0 Å². The molecule has 35 heavy (non-hydrogen) atoms. The third kappa shape index (κ3) is 5.28. The highest BCUT2D eigenvalue weighted by atomic mass is 19.3. The van der Waals surface area contributed by atoms with E-state index >= 15 is 4.39 Å². The van der Waals surface area contributed by atoms with E-state index in [4.69, 9.17) is 17.3 Å². The van der Waals surface area contributed by atoms with Crippen molar-refractivity contribution in [3.63, 3.8) is 0 Å². The molecule has 186 valence electrons. The fourth-order valence-corrected chi connectivity index (χ4v) is 3.88. The van der Waals surface area contributed by atoms with Crippen molar-refractivity contribution in [2.24, 2.45) is 0 Å². The lowest BCUT2D eigenvalue weighted by atomic mass is 9.73. The van der Waals surface area contributed by atoms with Gasteiger partial charge in [0.25, 0.3) is 12.3 Å². The average Bonchev–Trinajstić information content (AvgIpc) is 3.26. The van der Waals surface area contributed by atoms with E-state index in [9.17, 15) is 18.0 Å². The molecule has 2 N–H and O–H groups in total. The summed E-state index contributed by atoms with van der Waals surface area (Å²) in [5, 5.41) is 5.47. The van der Waals surface area contributed by atoms with E-state index in [2.05, 4.69) is 20.6 Å². The number of carbonyl (C=O) groups is 1. The van der Waals surface area contributed by atoms with Crippen LogP contribution in [0, 0.1) is 12.7 Å². The Hall–Kier alpha value is -2.73. The molecule has 2 fully saturated rings. The van der Waals surface area contributed by atoms with Gasteiger partial charge in [-0.25, -0.2) is 27.5 Å². The molecule has 2 aliphatic rings. The van der Waals surface area contributed by atoms with Crippen molar-refractivity contribution in [2.45, 2.75) is 63.5 Å². The van der Waals surface area contributed by atoms with Gasteiger partial charge in [-0.15, -0.1) is 0 Å². The van der Waals surface area contributed by atoms with E-state index in [0.717, 1.165) is 18.9 Å². The number of alkyl halides is 3. The molecular weight excluding hydrogens is 467 g/mol. The summed E-state index contributed by atoms with van der Waals surface area (Å²) < 4.78 is 68.0. The molecule has 1 aliphatic carbocycles. The molecule has 2 heterocycles. The summed E-state index contributed by atoms with van der Waals surface area (Å²) in [7, 11) is 6.32. The topological polar surface area (TPSA) is 85.4 Å². The Bertz CT molecular complexity index is 1120. The Balaban J connectivity index is 1.75. The number of amides is 1. The van der Waals surface area contributed by atoms with Crippen molar-refractivity contribution >= 4 is 19.6 Å². The van der Waals surface area contributed by atoms with Crippen LogP contribution in [0.25, 0.3) is 0 Å². The Morgan fingerprint density at radius 2 is 1.89 bits per heavy atom. The summed E-state index contributed by atoms with van der Waals surface area (Å²) in [6.45, 7) is 5.04. The van der Waals surface area contributed by atoms with E-state index < -0.39 is 47.2 Å². The monoisotopic (exact) mass is 492 g/mol. The van der Waals surface area contributed by atoms with Crippen LogP contribution in [-0.4, -0.2) is 42.5 Å². The number of hydrogen-bond acceptors (Lipinski definition) is 6. The van der Waals surface area contributed by atoms with E-state index in [-0.39, 0.29) is 41.7 Å². The molecule has 1 aliphatic heterocycles. The SMILES string of the molecule is [B][C@](C)(Nc1nc(C)nc(C(F)C(=O)NC2(C)CC2)c1C1OCCO1)c1cccc(C(F)F)c1F. The van der Waals surface area contributed by atoms with E-state index in [1.54, 1.807) is 0 Å². The van der Waals surface area contributed by atoms with Gasteiger partial charge in [-0.05, 0) is 33.6 Å². The number of carbonyl (C=O) groups excluding carboxylic acids is 1. The number of anilines is 1. The van der Waals surface area contributed by atoms with Gasteiger partial charge in [-0.1, -0.05) is 18.2 Å². The minimum atomic E-state index is -3.05. The average molecular weight is 492 g/mol. The Morgan fingerprint density at radius 1 is 1.23 bits per heavy atom. The molecule has 1 unspecified atom stereocenters. The van der Waals surface area contributed by atoms with E-state index in [0.29, 0.717) is 0 Å². The molecule has 2 radical (unpaired) electrons. The molecule has 1 aromatic heterocycles. The zero-order valence-electron chi connectivity index (χ0n) is 19.5. The van der Waals surface area contributed by atoms with Crippen molar-refractivity contribution in [3.05, 3.63) is 52.2 Å². The van der Waals surface area contributed by atoms with Crippen molar-refractivity contribution < 1.29 is 31.8 Å². The zero-order chi connectivity index (χ0) is 25.5. The van der Waals surface area contributed by atoms with Crippen LogP contribution in [0.4, 0.5) is 23.4 Å². The highest BCUT2D eigenvalue weighted by molar-refractivity contribution is 6.17. The Morgan fingerprint density at radius 3 is 2.49 bits per heavy atom. The second-order valence-electron chi connectivity index (χ2n) is 9.24. The van der Waals surface area contributed by atoms with Crippen molar-refractivity contribution in [1.82, 2.24) is 15.3 Å². The van der Waals surface area contributed by atoms with E-state index in [1.807, 2.05) is 6.92 Å². The lowest BCUT2D eigenvalue weighted by Gasteiger charge is -2.31. The predicted molar refractivity (Wildman–Crippen MR) is 119 cm³/mol. The summed E-state index contributed by atoms with van der Waals surface area (Å²) in [5.41, 5.74) is -3.60. The molecule has 1 saturated heterocycles. The molecule has 1 aromatic carbocycles. The first kappa shape index (κ1) is 25.4. The van der Waals surface area contributed by atoms with Crippen LogP contribution in [0.15, 0.2) is 18.2 Å². The van der Waals surface area contributed by atoms with E-state index in [1.165, 1.54) is 26.0 Å². The summed E-state index contributed by atoms with van der Waals surface area (Å²) in [4.78, 5) is 21.1. The lowest BCUT2D eigenvalue weighted by Crippen LogP contribution is -2.38. The molecule has 2 aromatic rings. The van der Waals surface area contributed by atoms with Crippen molar-refractivity contribution in [2.75, 3.05) is 18.5 Å². The van der Waals surface area contributed by atoms with Crippen LogP contribution in [0.5, 0.6) is 0 Å². The number of ether oxygens (including phenoxy) is 2. The standard InChI is InChI=1S/C23H25BF4N4O3/c1-11-29-17(16(26)20(33)32-22(2)7-8-22)14(21-34-9-10-35-21)19(30-11)31-23(3,24)13-6-4-5-12(15(13)25)18(27)28/h4-6,16,18,21H,7-10H2,1-3H3,(H,32,33)(H,29,30,31)/t16?,23-/m1/s1. The van der Waals surface area contributed by atoms with Gasteiger partial charge in [-0.2, -0.15) is 0 Å². The summed E-state index contributed by atoms with van der Waals surface area (Å²) in [6, 6.07) is 3.48. The largest absolute Gasteiger partial charge is 0.369 e. The molecule has 2 atom stereocenters. The van der Waals surface area contributed by atoms with Crippen molar-refractivity contribution in [3.8, 4) is 0 Å². The second-order valence-corrected chi connectivity index (χ2v) is 9.24. The summed E-state index contributed by atoms with van der Waals surface area (Å²) >= 11 is 0. The zero-order valence-corrected chi connectivity index (χ0v) is 19.5. The number of aryl methyl sites for hydroxylation is 1. The number of halogens is 4. The van der Waals surface area contributed by atoms with Gasteiger partial charge >= 0.3 is 0 Å². The van der Waals surface area contributed by atoms with Crippen LogP contribution >= 0.6 is 0 Å². The minimum absolute atomic E-state index is 0.0150. The number of rotatable bonds is 8. The number of benzene rings is 1. The molecular formula is C23H25BF4N4O3. The number of nitrogens with zero attached hydrogens (tertiary/aromatic N) is 2. The fourth-order valence-electron chi connectivity index (χ4n) is 3.88. The molecule has 7 nitrogen and oxygen atoms in total. The number of nitrogens with one attached hydrogen (secondary N) is 2. The lowest BCUT2D eigenvalue weighted by molar-refractivity contribution is -0.127. The van der Waals surface area contributed by atoms with Gasteiger partial charge in [0.05, 0.1) is 30.0 Å². The third-order valence-electron chi connectivity index (χ3n) is 6.04. The smallest absolute Gasteiger partial charge is 0.266 e. The molecule has 0 spiro atoms. The molecule has 0 bridgehead atoms. The van der Waals surface area contributed by atoms with Gasteiger partial charge in [-0.3, -0.25) is 4.79 Å². The maximum absolute atomic E-state index is 15.5. The van der Waals surface area contributed by atoms with Gasteiger partial charge in [0.2, 0.25) is 6.17 Å². The highest BCUT2D eigenvalue weighted by Crippen LogP contribution is 2.39. The second kappa shape index (κ2) is 9.38. The number of aromatic nitrogens is 2. The van der Waals surface area contributed by atoms with Crippen LogP contribution in [0.3, 0.4) is 0 Å². The first-order chi connectivity index (χ1) is 16.4. The Kier molecular flexibility index (Phi) is 6.80. The summed E-state index contributed by atoms with van der Waals surface area (Å²) in [5.74, 6) is -2.03. The van der Waals surface area contributed by atoms with Crippen LogP contribution in [-0.2, 0) is 19.7 Å². The fraction of sp³-hybridized carbons (Fsp3) is 0.522. The maximum Gasteiger partial charge on any atom is 0.266 e. The van der Waals surface area contributed by atoms with Gasteiger partial charge in [0, 0.05) is 16.5 Å². The minimum Gasteiger partial charge on any atom is -0.369 e. The first-order valence-electron chi connectivity index (χ1n) is 11.1. The van der Waals surface area contributed by atoms with Gasteiger partial charge < -0.3 is 20.1 Å². The Labute approximate surface area is 201 Å². The predicted octanol–water partition coefficient (Wildman–Crippen LogP) is 4.04. The highest BCUT2D eigenvalue weighted by Gasteiger charge is 2.42. The normalized spacial score (nSPS) is 19.9. The number of hydrogen-bond donors (Lipinski definition) is 2. The van der Waals surface area contributed by atoms with Gasteiger partial charge in [0.1, 0.15) is 25.3 Å². The maximum atomic E-state index is 15.5. The molecule has 4 rings (SSSR count). The van der Waals surface area contributed by atoms with Crippen LogP contribution in [0.1, 0.15) is 73.8 Å². The molecule has 1 amide bonds. The third-order valence-corrected chi connectivity index (χ3v) is 6.04. The van der Waals surface area contributed by atoms with Crippen LogP contribution < -0.4 is 10.6 Å². The van der Waals surface area contributed by atoms with Gasteiger partial charge in [0.15, 0.2) is 6.29 Å². The first-order valence-corrected chi connectivity index (χ1v) is 11.1. The quantitative estimate of drug-likeness (QED) is 0.428. The molecule has 1 saturated carbocycles. The van der Waals surface area contributed by atoms with Crippen LogP contribution in [0.2, 0.25) is 0 Å².